The van der Waals surface area contributed by atoms with Crippen molar-refractivity contribution in [2.75, 3.05) is 32.8 Å². The molecular weight excluding hydrogens is 464 g/mol. The number of ketones is 1. The van der Waals surface area contributed by atoms with Crippen LogP contribution in [-0.4, -0.2) is 68.3 Å². The van der Waals surface area contributed by atoms with E-state index in [1.54, 1.807) is 13.8 Å². The Labute approximate surface area is 213 Å². The maximum absolute atomic E-state index is 12.7. The van der Waals surface area contributed by atoms with E-state index in [1.807, 2.05) is 30.3 Å². The Morgan fingerprint density at radius 2 is 1.42 bits per heavy atom. The van der Waals surface area contributed by atoms with Crippen molar-refractivity contribution in [3.8, 4) is 0 Å². The van der Waals surface area contributed by atoms with Gasteiger partial charge >= 0.3 is 0 Å². The van der Waals surface area contributed by atoms with Crippen molar-refractivity contribution >= 4 is 29.4 Å². The molecule has 0 saturated carbocycles. The molecule has 4 amide bonds. The van der Waals surface area contributed by atoms with Gasteiger partial charge in [0.2, 0.25) is 23.6 Å². The zero-order valence-corrected chi connectivity index (χ0v) is 21.7. The minimum atomic E-state index is -0.924. The van der Waals surface area contributed by atoms with E-state index in [9.17, 15) is 24.0 Å². The van der Waals surface area contributed by atoms with Crippen LogP contribution >= 0.6 is 0 Å². The molecule has 10 heteroatoms. The standard InChI is InChI=1S/C26H40N4O6/c1-18(2)10-12-36-13-11-23(32)27-16-24(33)28-17-25(34)30-21(14-20-8-6-5-7-9-20)26(35)29-15-22(31)19(3)4/h5-9,18-19,21H,10-17H2,1-4H3,(H,27,32)(H,28,33)(H,29,35)(H,30,34)/t21-/m0/s1. The van der Waals surface area contributed by atoms with Gasteiger partial charge in [-0.1, -0.05) is 58.0 Å². The van der Waals surface area contributed by atoms with Crippen LogP contribution in [-0.2, 0) is 35.1 Å². The lowest BCUT2D eigenvalue weighted by atomic mass is 10.0. The number of nitrogens with one attached hydrogen (secondary N) is 4. The summed E-state index contributed by atoms with van der Waals surface area (Å²) in [6.45, 7) is 7.74. The molecule has 0 unspecified atom stereocenters. The van der Waals surface area contributed by atoms with Crippen LogP contribution in [0.2, 0.25) is 0 Å². The highest BCUT2D eigenvalue weighted by molar-refractivity contribution is 5.93. The highest BCUT2D eigenvalue weighted by atomic mass is 16.5. The fourth-order valence-electron chi connectivity index (χ4n) is 2.90. The number of carbonyl (C=O) groups is 5. The quantitative estimate of drug-likeness (QED) is 0.231. The fourth-order valence-corrected chi connectivity index (χ4v) is 2.90. The van der Waals surface area contributed by atoms with Gasteiger partial charge < -0.3 is 26.0 Å². The molecule has 0 aromatic heterocycles. The van der Waals surface area contributed by atoms with E-state index in [0.717, 1.165) is 12.0 Å². The molecule has 1 aromatic rings. The topological polar surface area (TPSA) is 143 Å². The largest absolute Gasteiger partial charge is 0.381 e. The number of carbonyl (C=O) groups excluding carboxylic acids is 5. The van der Waals surface area contributed by atoms with Gasteiger partial charge in [0.25, 0.3) is 0 Å². The van der Waals surface area contributed by atoms with E-state index < -0.39 is 23.8 Å². The molecule has 1 aromatic carbocycles. The van der Waals surface area contributed by atoms with Crippen molar-refractivity contribution in [1.82, 2.24) is 21.3 Å². The summed E-state index contributed by atoms with van der Waals surface area (Å²) in [5.41, 5.74) is 0.827. The van der Waals surface area contributed by atoms with Gasteiger partial charge in [0, 0.05) is 25.4 Å². The number of hydrogen-bond donors (Lipinski definition) is 4. The Bertz CT molecular complexity index is 857. The SMILES string of the molecule is CC(C)CCOCCC(=O)NCC(=O)NCC(=O)N[C@@H](Cc1ccccc1)C(=O)NCC(=O)C(C)C. The predicted molar refractivity (Wildman–Crippen MR) is 136 cm³/mol. The normalized spacial score (nSPS) is 11.6. The summed E-state index contributed by atoms with van der Waals surface area (Å²) in [5, 5.41) is 10.1. The van der Waals surface area contributed by atoms with Crippen molar-refractivity contribution in [3.05, 3.63) is 35.9 Å². The van der Waals surface area contributed by atoms with Gasteiger partial charge in [0.1, 0.15) is 6.04 Å². The first-order chi connectivity index (χ1) is 17.1. The second kappa shape index (κ2) is 17.2. The van der Waals surface area contributed by atoms with Crippen molar-refractivity contribution in [2.24, 2.45) is 11.8 Å². The minimum Gasteiger partial charge on any atom is -0.381 e. The lowest BCUT2D eigenvalue weighted by Gasteiger charge is -2.19. The van der Waals surface area contributed by atoms with E-state index in [0.29, 0.717) is 12.5 Å². The molecule has 36 heavy (non-hydrogen) atoms. The third-order valence-electron chi connectivity index (χ3n) is 5.22. The number of hydrogen-bond acceptors (Lipinski definition) is 6. The van der Waals surface area contributed by atoms with E-state index in [1.165, 1.54) is 0 Å². The molecule has 0 spiro atoms. The third-order valence-corrected chi connectivity index (χ3v) is 5.22. The first kappa shape index (κ1) is 30.8. The molecule has 0 aliphatic carbocycles. The van der Waals surface area contributed by atoms with Crippen LogP contribution < -0.4 is 21.3 Å². The number of Topliss-reactive ketones (excluding diaryl/α,β-unsaturated/α-hetero) is 1. The zero-order chi connectivity index (χ0) is 26.9. The van der Waals surface area contributed by atoms with Crippen molar-refractivity contribution in [1.29, 1.82) is 0 Å². The minimum absolute atomic E-state index is 0.121. The summed E-state index contributed by atoms with van der Waals surface area (Å²) < 4.78 is 5.38. The second-order valence-corrected chi connectivity index (χ2v) is 9.25. The monoisotopic (exact) mass is 504 g/mol. The second-order valence-electron chi connectivity index (χ2n) is 9.25. The summed E-state index contributed by atoms with van der Waals surface area (Å²) in [5.74, 6) is -1.74. The molecule has 10 nitrogen and oxygen atoms in total. The van der Waals surface area contributed by atoms with Gasteiger partial charge in [-0.3, -0.25) is 24.0 Å². The van der Waals surface area contributed by atoms with Crippen LogP contribution in [0.1, 0.15) is 46.1 Å². The van der Waals surface area contributed by atoms with Gasteiger partial charge in [-0.2, -0.15) is 0 Å². The molecule has 0 aliphatic heterocycles. The maximum atomic E-state index is 12.7. The van der Waals surface area contributed by atoms with Crippen LogP contribution in [0.15, 0.2) is 30.3 Å². The Morgan fingerprint density at radius 1 is 0.778 bits per heavy atom. The highest BCUT2D eigenvalue weighted by Gasteiger charge is 2.22. The van der Waals surface area contributed by atoms with Crippen molar-refractivity contribution in [2.45, 2.75) is 53.0 Å². The third kappa shape index (κ3) is 14.2. The molecule has 1 atom stereocenters. The fraction of sp³-hybridized carbons (Fsp3) is 0.577. The summed E-state index contributed by atoms with van der Waals surface area (Å²) in [4.78, 5) is 60.7. The van der Waals surface area contributed by atoms with E-state index >= 15 is 0 Å². The number of amides is 4. The predicted octanol–water partition coefficient (Wildman–Crippen LogP) is 0.740. The van der Waals surface area contributed by atoms with Crippen LogP contribution in [0.4, 0.5) is 0 Å². The number of rotatable bonds is 17. The molecule has 0 bridgehead atoms. The highest BCUT2D eigenvalue weighted by Crippen LogP contribution is 2.04. The van der Waals surface area contributed by atoms with E-state index in [2.05, 4.69) is 35.1 Å². The number of benzene rings is 1. The number of ether oxygens (including phenoxy) is 1. The smallest absolute Gasteiger partial charge is 0.243 e. The Balaban J connectivity index is 2.46. The van der Waals surface area contributed by atoms with E-state index in [4.69, 9.17) is 4.74 Å². The molecule has 0 aliphatic rings. The summed E-state index contributed by atoms with van der Waals surface area (Å²) in [6, 6.07) is 8.21. The van der Waals surface area contributed by atoms with Crippen molar-refractivity contribution < 1.29 is 28.7 Å². The Kier molecular flexibility index (Phi) is 14.7. The van der Waals surface area contributed by atoms with Crippen molar-refractivity contribution in [3.63, 3.8) is 0 Å². The lowest BCUT2D eigenvalue weighted by molar-refractivity contribution is -0.131. The molecule has 4 N–H and O–H groups in total. The van der Waals surface area contributed by atoms with Gasteiger partial charge in [-0.15, -0.1) is 0 Å². The average Bonchev–Trinajstić information content (AvgIpc) is 2.84. The van der Waals surface area contributed by atoms with Crippen LogP contribution in [0, 0.1) is 11.8 Å². The van der Waals surface area contributed by atoms with Gasteiger partial charge in [-0.05, 0) is 17.9 Å². The molecule has 0 saturated heterocycles. The van der Waals surface area contributed by atoms with Gasteiger partial charge in [0.05, 0.1) is 26.2 Å². The molecule has 0 radical (unpaired) electrons. The lowest BCUT2D eigenvalue weighted by Crippen LogP contribution is -2.52. The van der Waals surface area contributed by atoms with Gasteiger partial charge in [-0.25, -0.2) is 0 Å². The zero-order valence-electron chi connectivity index (χ0n) is 21.7. The average molecular weight is 505 g/mol. The molecule has 0 fully saturated rings. The Morgan fingerprint density at radius 3 is 2.06 bits per heavy atom. The summed E-state index contributed by atoms with van der Waals surface area (Å²) in [6.07, 6.45) is 1.27. The molecule has 200 valence electrons. The molecule has 0 heterocycles. The first-order valence-corrected chi connectivity index (χ1v) is 12.3. The maximum Gasteiger partial charge on any atom is 0.243 e. The first-order valence-electron chi connectivity index (χ1n) is 12.3. The van der Waals surface area contributed by atoms with Crippen LogP contribution in [0.25, 0.3) is 0 Å². The molecular formula is C26H40N4O6. The van der Waals surface area contributed by atoms with Crippen LogP contribution in [0.3, 0.4) is 0 Å². The van der Waals surface area contributed by atoms with Crippen LogP contribution in [0.5, 0.6) is 0 Å². The summed E-state index contributed by atoms with van der Waals surface area (Å²) in [7, 11) is 0. The van der Waals surface area contributed by atoms with Gasteiger partial charge in [0.15, 0.2) is 5.78 Å². The summed E-state index contributed by atoms with van der Waals surface area (Å²) >= 11 is 0. The molecule has 1 rings (SSSR count). The Hall–Kier alpha value is -3.27. The van der Waals surface area contributed by atoms with E-state index in [-0.39, 0.29) is 56.7 Å².